The molecule has 1 heterocycles. The highest BCUT2D eigenvalue weighted by Gasteiger charge is 2.15. The topological polar surface area (TPSA) is 90.1 Å². The van der Waals surface area contributed by atoms with Crippen LogP contribution in [0.15, 0.2) is 28.9 Å². The molecule has 2 rings (SSSR count). The first-order valence-corrected chi connectivity index (χ1v) is 7.46. The molecule has 0 saturated carbocycles. The third-order valence-corrected chi connectivity index (χ3v) is 3.93. The molecule has 1 aromatic carbocycles. The summed E-state index contributed by atoms with van der Waals surface area (Å²) >= 11 is 3.39. The van der Waals surface area contributed by atoms with Crippen LogP contribution < -0.4 is 5.32 Å². The van der Waals surface area contributed by atoms with Crippen molar-refractivity contribution in [2.75, 3.05) is 0 Å². The molecule has 1 N–H and O–H groups in total. The maximum atomic E-state index is 12.2. The third kappa shape index (κ3) is 3.33. The van der Waals surface area contributed by atoms with Gasteiger partial charge in [-0.05, 0) is 41.9 Å². The summed E-state index contributed by atoms with van der Waals surface area (Å²) < 4.78 is 2.61. The van der Waals surface area contributed by atoms with Gasteiger partial charge in [0.25, 0.3) is 11.6 Å². The van der Waals surface area contributed by atoms with Crippen molar-refractivity contribution in [2.45, 2.75) is 26.9 Å². The number of nitro benzene ring substituents is 1. The van der Waals surface area contributed by atoms with Crippen molar-refractivity contribution in [1.29, 1.82) is 0 Å². The van der Waals surface area contributed by atoms with E-state index in [9.17, 15) is 14.9 Å². The van der Waals surface area contributed by atoms with Crippen LogP contribution >= 0.6 is 15.9 Å². The van der Waals surface area contributed by atoms with Crippen LogP contribution in [0.1, 0.15) is 28.5 Å². The average Bonchev–Trinajstić information content (AvgIpc) is 2.84. The molecule has 0 unspecified atom stereocenters. The van der Waals surface area contributed by atoms with Gasteiger partial charge in [0.05, 0.1) is 27.8 Å². The summed E-state index contributed by atoms with van der Waals surface area (Å²) in [6, 6.07) is 4.31. The Hall–Kier alpha value is -2.22. The van der Waals surface area contributed by atoms with Gasteiger partial charge in [-0.2, -0.15) is 5.10 Å². The molecule has 0 spiro atoms. The second-order valence-electron chi connectivity index (χ2n) is 4.70. The molecule has 2 aromatic rings. The Balaban J connectivity index is 2.11. The number of halogens is 1. The summed E-state index contributed by atoms with van der Waals surface area (Å²) in [5, 5.41) is 17.7. The van der Waals surface area contributed by atoms with Crippen LogP contribution in [0.2, 0.25) is 0 Å². The number of benzene rings is 1. The molecule has 8 heteroatoms. The van der Waals surface area contributed by atoms with Gasteiger partial charge >= 0.3 is 0 Å². The molecule has 0 saturated heterocycles. The van der Waals surface area contributed by atoms with Gasteiger partial charge in [-0.3, -0.25) is 19.6 Å². The number of carbonyl (C=O) groups is 1. The van der Waals surface area contributed by atoms with Gasteiger partial charge in [0, 0.05) is 23.7 Å². The van der Waals surface area contributed by atoms with Crippen molar-refractivity contribution in [2.24, 2.45) is 0 Å². The summed E-state index contributed by atoms with van der Waals surface area (Å²) in [5.41, 5.74) is 1.72. The number of aromatic nitrogens is 2. The third-order valence-electron chi connectivity index (χ3n) is 3.27. The number of nitro groups is 1. The van der Waals surface area contributed by atoms with Gasteiger partial charge < -0.3 is 5.32 Å². The number of hydrogen-bond acceptors (Lipinski definition) is 4. The highest BCUT2D eigenvalue weighted by Crippen LogP contribution is 2.19. The lowest BCUT2D eigenvalue weighted by atomic mass is 10.1. The van der Waals surface area contributed by atoms with E-state index >= 15 is 0 Å². The number of rotatable bonds is 5. The molecule has 0 bridgehead atoms. The predicted octanol–water partition coefficient (Wildman–Crippen LogP) is 2.81. The second-order valence-corrected chi connectivity index (χ2v) is 5.55. The Morgan fingerprint density at radius 1 is 1.50 bits per heavy atom. The molecule has 0 aliphatic rings. The Labute approximate surface area is 135 Å². The highest BCUT2D eigenvalue weighted by molar-refractivity contribution is 9.10. The lowest BCUT2D eigenvalue weighted by Gasteiger charge is -2.08. The molecule has 116 valence electrons. The van der Waals surface area contributed by atoms with Crippen LogP contribution in [0.5, 0.6) is 0 Å². The van der Waals surface area contributed by atoms with Crippen molar-refractivity contribution >= 4 is 27.5 Å². The van der Waals surface area contributed by atoms with Crippen LogP contribution in [-0.2, 0) is 13.1 Å². The van der Waals surface area contributed by atoms with Crippen LogP contribution in [0.25, 0.3) is 0 Å². The zero-order valence-electron chi connectivity index (χ0n) is 12.2. The van der Waals surface area contributed by atoms with Gasteiger partial charge in [0.15, 0.2) is 0 Å². The van der Waals surface area contributed by atoms with Gasteiger partial charge in [0.1, 0.15) is 0 Å². The highest BCUT2D eigenvalue weighted by atomic mass is 79.9. The lowest BCUT2D eigenvalue weighted by molar-refractivity contribution is -0.385. The second kappa shape index (κ2) is 6.69. The SMILES string of the molecule is CCn1ncc(Br)c1CNC(=O)c1ccc([N+](=O)[O-])c(C)c1. The van der Waals surface area contributed by atoms with Crippen LogP contribution in [0.3, 0.4) is 0 Å². The number of hydrogen-bond donors (Lipinski definition) is 1. The first-order chi connectivity index (χ1) is 10.4. The largest absolute Gasteiger partial charge is 0.346 e. The molecule has 7 nitrogen and oxygen atoms in total. The van der Waals surface area contributed by atoms with E-state index < -0.39 is 4.92 Å². The summed E-state index contributed by atoms with van der Waals surface area (Å²) in [7, 11) is 0. The molecule has 0 radical (unpaired) electrons. The number of nitrogens with one attached hydrogen (secondary N) is 1. The van der Waals surface area contributed by atoms with Crippen molar-refractivity contribution in [3.8, 4) is 0 Å². The summed E-state index contributed by atoms with van der Waals surface area (Å²) in [4.78, 5) is 22.5. The smallest absolute Gasteiger partial charge is 0.272 e. The van der Waals surface area contributed by atoms with Crippen LogP contribution in [-0.4, -0.2) is 20.6 Å². The summed E-state index contributed by atoms with van der Waals surface area (Å²) in [6.07, 6.45) is 1.68. The minimum atomic E-state index is -0.464. The first-order valence-electron chi connectivity index (χ1n) is 6.67. The summed E-state index contributed by atoms with van der Waals surface area (Å²) in [6.45, 7) is 4.60. The Kier molecular flexibility index (Phi) is 4.92. The number of aryl methyl sites for hydroxylation is 2. The zero-order chi connectivity index (χ0) is 16.3. The van der Waals surface area contributed by atoms with Crippen LogP contribution in [0, 0.1) is 17.0 Å². The van der Waals surface area contributed by atoms with Crippen LogP contribution in [0.4, 0.5) is 5.69 Å². The van der Waals surface area contributed by atoms with E-state index in [-0.39, 0.29) is 11.6 Å². The van der Waals surface area contributed by atoms with E-state index in [1.807, 2.05) is 6.92 Å². The minimum Gasteiger partial charge on any atom is -0.346 e. The monoisotopic (exact) mass is 366 g/mol. The molecular weight excluding hydrogens is 352 g/mol. The first kappa shape index (κ1) is 16.2. The maximum Gasteiger partial charge on any atom is 0.272 e. The van der Waals surface area contributed by atoms with Crippen molar-refractivity contribution in [1.82, 2.24) is 15.1 Å². The van der Waals surface area contributed by atoms with Gasteiger partial charge in [-0.1, -0.05) is 0 Å². The molecule has 0 atom stereocenters. The fraction of sp³-hybridized carbons (Fsp3) is 0.286. The number of nitrogens with zero attached hydrogens (tertiary/aromatic N) is 3. The van der Waals surface area contributed by atoms with E-state index in [1.165, 1.54) is 18.2 Å². The van der Waals surface area contributed by atoms with Gasteiger partial charge in [-0.15, -0.1) is 0 Å². The van der Waals surface area contributed by atoms with E-state index in [4.69, 9.17) is 0 Å². The minimum absolute atomic E-state index is 0.00311. The quantitative estimate of drug-likeness (QED) is 0.650. The Morgan fingerprint density at radius 3 is 2.82 bits per heavy atom. The molecule has 1 aromatic heterocycles. The lowest BCUT2D eigenvalue weighted by Crippen LogP contribution is -2.24. The van der Waals surface area contributed by atoms with E-state index in [0.717, 1.165) is 10.2 Å². The van der Waals surface area contributed by atoms with Gasteiger partial charge in [0.2, 0.25) is 0 Å². The Morgan fingerprint density at radius 2 is 2.23 bits per heavy atom. The molecule has 22 heavy (non-hydrogen) atoms. The molecular formula is C14H15BrN4O3. The van der Waals surface area contributed by atoms with E-state index in [0.29, 0.717) is 24.2 Å². The van der Waals surface area contributed by atoms with Crippen molar-refractivity contribution in [3.63, 3.8) is 0 Å². The fourth-order valence-electron chi connectivity index (χ4n) is 2.10. The normalized spacial score (nSPS) is 10.5. The van der Waals surface area contributed by atoms with Gasteiger partial charge in [-0.25, -0.2) is 0 Å². The van der Waals surface area contributed by atoms with E-state index in [1.54, 1.807) is 17.8 Å². The van der Waals surface area contributed by atoms with Crippen molar-refractivity contribution < 1.29 is 9.72 Å². The predicted molar refractivity (Wildman–Crippen MR) is 84.6 cm³/mol. The molecule has 1 amide bonds. The maximum absolute atomic E-state index is 12.2. The molecule has 0 aliphatic carbocycles. The van der Waals surface area contributed by atoms with E-state index in [2.05, 4.69) is 26.3 Å². The standard InChI is InChI=1S/C14H15BrN4O3/c1-3-18-13(11(15)7-17-18)8-16-14(20)10-4-5-12(19(21)22)9(2)6-10/h4-7H,3,8H2,1-2H3,(H,16,20). The molecule has 0 fully saturated rings. The van der Waals surface area contributed by atoms with Crippen molar-refractivity contribution in [3.05, 3.63) is 55.8 Å². The fourth-order valence-corrected chi connectivity index (χ4v) is 2.54. The average molecular weight is 367 g/mol. The molecule has 0 aliphatic heterocycles. The summed E-state index contributed by atoms with van der Waals surface area (Å²) in [5.74, 6) is -0.284. The zero-order valence-corrected chi connectivity index (χ0v) is 13.8. The number of carbonyl (C=O) groups excluding carboxylic acids is 1. The number of amides is 1. The Bertz CT molecular complexity index is 727.